The summed E-state index contributed by atoms with van der Waals surface area (Å²) in [5.41, 5.74) is 0.0641. The Bertz CT molecular complexity index is 347. The van der Waals surface area contributed by atoms with Crippen molar-refractivity contribution >= 4 is 11.3 Å². The number of aliphatic hydroxyl groups excluding tert-OH is 1. The van der Waals surface area contributed by atoms with E-state index in [1.807, 2.05) is 11.3 Å². The molecule has 1 atom stereocenters. The summed E-state index contributed by atoms with van der Waals surface area (Å²) >= 11 is 1.84. The number of thiophene rings is 1. The molecule has 0 spiro atoms. The zero-order chi connectivity index (χ0) is 13.0. The molecule has 1 aliphatic rings. The SMILES string of the molecule is CCCC(C)(CO)CN(Cc1cccs1)C1CC1. The van der Waals surface area contributed by atoms with Crippen molar-refractivity contribution in [2.24, 2.45) is 5.41 Å². The van der Waals surface area contributed by atoms with Gasteiger partial charge < -0.3 is 5.11 Å². The van der Waals surface area contributed by atoms with Gasteiger partial charge in [-0.05, 0) is 30.7 Å². The van der Waals surface area contributed by atoms with E-state index in [1.54, 1.807) is 0 Å². The molecule has 1 saturated carbocycles. The summed E-state index contributed by atoms with van der Waals surface area (Å²) < 4.78 is 0. The molecule has 1 aromatic heterocycles. The molecule has 1 unspecified atom stereocenters. The van der Waals surface area contributed by atoms with Gasteiger partial charge in [0.05, 0.1) is 0 Å². The molecule has 2 nitrogen and oxygen atoms in total. The lowest BCUT2D eigenvalue weighted by Gasteiger charge is -2.34. The molecule has 0 aromatic carbocycles. The van der Waals surface area contributed by atoms with Crippen molar-refractivity contribution in [3.05, 3.63) is 22.4 Å². The standard InChI is InChI=1S/C15H25NOS/c1-3-8-15(2,12-17)11-16(13-6-7-13)10-14-5-4-9-18-14/h4-5,9,13,17H,3,6-8,10-12H2,1-2H3. The molecule has 1 heterocycles. The van der Waals surface area contributed by atoms with Crippen molar-refractivity contribution in [2.45, 2.75) is 52.1 Å². The van der Waals surface area contributed by atoms with Crippen LogP contribution in [0.4, 0.5) is 0 Å². The van der Waals surface area contributed by atoms with Crippen LogP contribution in [0, 0.1) is 5.41 Å². The molecule has 1 aromatic rings. The number of hydrogen-bond acceptors (Lipinski definition) is 3. The van der Waals surface area contributed by atoms with Crippen LogP contribution < -0.4 is 0 Å². The van der Waals surface area contributed by atoms with Gasteiger partial charge >= 0.3 is 0 Å². The first-order valence-electron chi connectivity index (χ1n) is 7.04. The van der Waals surface area contributed by atoms with Crippen molar-refractivity contribution in [1.82, 2.24) is 4.90 Å². The quantitative estimate of drug-likeness (QED) is 0.779. The van der Waals surface area contributed by atoms with Crippen molar-refractivity contribution in [1.29, 1.82) is 0 Å². The van der Waals surface area contributed by atoms with Crippen molar-refractivity contribution < 1.29 is 5.11 Å². The Kier molecular flexibility index (Phi) is 4.82. The second kappa shape index (κ2) is 6.18. The molecule has 1 N–H and O–H groups in total. The Labute approximate surface area is 115 Å². The van der Waals surface area contributed by atoms with Gasteiger partial charge in [0.15, 0.2) is 0 Å². The van der Waals surface area contributed by atoms with E-state index < -0.39 is 0 Å². The zero-order valence-electron chi connectivity index (χ0n) is 11.6. The van der Waals surface area contributed by atoms with E-state index in [9.17, 15) is 5.11 Å². The number of rotatable bonds is 8. The smallest absolute Gasteiger partial charge is 0.0497 e. The molecule has 18 heavy (non-hydrogen) atoms. The Hall–Kier alpha value is -0.380. The van der Waals surface area contributed by atoms with E-state index in [0.29, 0.717) is 6.61 Å². The van der Waals surface area contributed by atoms with E-state index in [0.717, 1.165) is 32.0 Å². The maximum atomic E-state index is 9.67. The third-order valence-corrected chi connectivity index (χ3v) is 4.68. The minimum atomic E-state index is 0.0641. The average molecular weight is 267 g/mol. The van der Waals surface area contributed by atoms with Crippen LogP contribution in [-0.2, 0) is 6.54 Å². The fraction of sp³-hybridized carbons (Fsp3) is 0.733. The largest absolute Gasteiger partial charge is 0.396 e. The van der Waals surface area contributed by atoms with Crippen LogP contribution in [0.25, 0.3) is 0 Å². The second-order valence-electron chi connectivity index (χ2n) is 5.93. The van der Waals surface area contributed by atoms with Gasteiger partial charge in [0.2, 0.25) is 0 Å². The number of hydrogen-bond donors (Lipinski definition) is 1. The van der Waals surface area contributed by atoms with Crippen molar-refractivity contribution in [3.8, 4) is 0 Å². The molecular weight excluding hydrogens is 242 g/mol. The molecular formula is C15H25NOS. The van der Waals surface area contributed by atoms with Crippen molar-refractivity contribution in [2.75, 3.05) is 13.2 Å². The highest BCUT2D eigenvalue weighted by Crippen LogP contribution is 2.33. The van der Waals surface area contributed by atoms with Gasteiger partial charge in [-0.15, -0.1) is 11.3 Å². The van der Waals surface area contributed by atoms with Gasteiger partial charge in [0.1, 0.15) is 0 Å². The highest BCUT2D eigenvalue weighted by atomic mass is 32.1. The monoisotopic (exact) mass is 267 g/mol. The first-order valence-corrected chi connectivity index (χ1v) is 7.92. The first-order chi connectivity index (χ1) is 8.67. The van der Waals surface area contributed by atoms with Crippen LogP contribution in [-0.4, -0.2) is 29.2 Å². The third-order valence-electron chi connectivity index (χ3n) is 3.82. The van der Waals surface area contributed by atoms with Crippen LogP contribution in [0.1, 0.15) is 44.4 Å². The highest BCUT2D eigenvalue weighted by molar-refractivity contribution is 7.09. The summed E-state index contributed by atoms with van der Waals surface area (Å²) in [5, 5.41) is 11.8. The summed E-state index contributed by atoms with van der Waals surface area (Å²) in [5.74, 6) is 0. The summed E-state index contributed by atoms with van der Waals surface area (Å²) in [7, 11) is 0. The molecule has 0 amide bonds. The van der Waals surface area contributed by atoms with Crippen LogP contribution in [0.3, 0.4) is 0 Å². The minimum absolute atomic E-state index is 0.0641. The molecule has 0 radical (unpaired) electrons. The Morgan fingerprint density at radius 2 is 2.28 bits per heavy atom. The topological polar surface area (TPSA) is 23.5 Å². The van der Waals surface area contributed by atoms with Crippen molar-refractivity contribution in [3.63, 3.8) is 0 Å². The van der Waals surface area contributed by atoms with E-state index in [4.69, 9.17) is 0 Å². The van der Waals surface area contributed by atoms with Gasteiger partial charge in [0, 0.05) is 36.0 Å². The van der Waals surface area contributed by atoms with E-state index in [2.05, 4.69) is 36.3 Å². The maximum absolute atomic E-state index is 9.67. The molecule has 1 fully saturated rings. The maximum Gasteiger partial charge on any atom is 0.0497 e. The molecule has 0 saturated heterocycles. The predicted octanol–water partition coefficient (Wildman–Crippen LogP) is 3.51. The van der Waals surface area contributed by atoms with E-state index in [-0.39, 0.29) is 5.41 Å². The third kappa shape index (κ3) is 3.81. The lowest BCUT2D eigenvalue weighted by Crippen LogP contribution is -2.39. The normalized spacial score (nSPS) is 19.1. The molecule has 102 valence electrons. The first kappa shape index (κ1) is 14.0. The average Bonchev–Trinajstić information content (AvgIpc) is 3.08. The van der Waals surface area contributed by atoms with Crippen LogP contribution >= 0.6 is 11.3 Å². The summed E-state index contributed by atoms with van der Waals surface area (Å²) in [4.78, 5) is 4.02. The molecule has 2 rings (SSSR count). The van der Waals surface area contributed by atoms with Gasteiger partial charge in [-0.25, -0.2) is 0 Å². The number of aliphatic hydroxyl groups is 1. The lowest BCUT2D eigenvalue weighted by molar-refractivity contribution is 0.0730. The van der Waals surface area contributed by atoms with Gasteiger partial charge in [-0.1, -0.05) is 26.3 Å². The van der Waals surface area contributed by atoms with Gasteiger partial charge in [-0.2, -0.15) is 0 Å². The zero-order valence-corrected chi connectivity index (χ0v) is 12.4. The number of nitrogens with zero attached hydrogens (tertiary/aromatic N) is 1. The van der Waals surface area contributed by atoms with E-state index in [1.165, 1.54) is 17.7 Å². The molecule has 3 heteroatoms. The Balaban J connectivity index is 1.97. The van der Waals surface area contributed by atoms with Crippen LogP contribution in [0.2, 0.25) is 0 Å². The highest BCUT2D eigenvalue weighted by Gasteiger charge is 2.34. The Morgan fingerprint density at radius 1 is 1.50 bits per heavy atom. The van der Waals surface area contributed by atoms with E-state index >= 15 is 0 Å². The van der Waals surface area contributed by atoms with Gasteiger partial charge in [0.25, 0.3) is 0 Å². The summed E-state index contributed by atoms with van der Waals surface area (Å²) in [6, 6.07) is 5.10. The fourth-order valence-corrected chi connectivity index (χ4v) is 3.39. The molecule has 0 bridgehead atoms. The second-order valence-corrected chi connectivity index (χ2v) is 6.97. The van der Waals surface area contributed by atoms with Crippen LogP contribution in [0.5, 0.6) is 0 Å². The summed E-state index contributed by atoms with van der Waals surface area (Å²) in [6.07, 6.45) is 4.92. The molecule has 1 aliphatic carbocycles. The summed E-state index contributed by atoms with van der Waals surface area (Å²) in [6.45, 7) is 6.81. The minimum Gasteiger partial charge on any atom is -0.396 e. The van der Waals surface area contributed by atoms with Gasteiger partial charge in [-0.3, -0.25) is 4.90 Å². The van der Waals surface area contributed by atoms with Crippen LogP contribution in [0.15, 0.2) is 17.5 Å². The fourth-order valence-electron chi connectivity index (χ4n) is 2.66. The predicted molar refractivity (Wildman–Crippen MR) is 77.9 cm³/mol. The lowest BCUT2D eigenvalue weighted by atomic mass is 9.86. The Morgan fingerprint density at radius 3 is 2.78 bits per heavy atom. The molecule has 0 aliphatic heterocycles.